The molecule has 1 aromatic carbocycles. The number of ether oxygens (including phenoxy) is 2. The third-order valence-corrected chi connectivity index (χ3v) is 8.22. The molecule has 0 saturated heterocycles. The van der Waals surface area contributed by atoms with Crippen LogP contribution in [0.3, 0.4) is 0 Å². The second-order valence-corrected chi connectivity index (χ2v) is 10.4. The number of hydrogen-bond acceptors (Lipinski definition) is 9. The van der Waals surface area contributed by atoms with Gasteiger partial charge >= 0.3 is 11.9 Å². The highest BCUT2D eigenvalue weighted by atomic mass is 32.2. The lowest BCUT2D eigenvalue weighted by Gasteiger charge is -2.16. The van der Waals surface area contributed by atoms with Gasteiger partial charge in [-0.1, -0.05) is 23.8 Å². The van der Waals surface area contributed by atoms with E-state index in [1.807, 2.05) is 6.92 Å². The fourth-order valence-electron chi connectivity index (χ4n) is 5.06. The molecule has 10 heteroatoms. The van der Waals surface area contributed by atoms with Gasteiger partial charge in [0.15, 0.2) is 5.78 Å². The highest BCUT2D eigenvalue weighted by Gasteiger charge is 2.67. The first kappa shape index (κ1) is 23.6. The first-order chi connectivity index (χ1) is 15.6. The summed E-state index contributed by atoms with van der Waals surface area (Å²) in [6.07, 6.45) is 2.15. The third kappa shape index (κ3) is 4.34. The van der Waals surface area contributed by atoms with E-state index in [1.165, 1.54) is 26.4 Å². The second kappa shape index (κ2) is 8.66. The van der Waals surface area contributed by atoms with Crippen LogP contribution in [-0.2, 0) is 38.2 Å². The number of hydrogen-bond donors (Lipinski definition) is 1. The summed E-state index contributed by atoms with van der Waals surface area (Å²) >= 11 is 0. The van der Waals surface area contributed by atoms with Crippen LogP contribution in [0, 0.1) is 42.4 Å². The molecule has 9 nitrogen and oxygen atoms in total. The number of aliphatic hydroxyl groups is 1. The normalized spacial score (nSPS) is 35.1. The van der Waals surface area contributed by atoms with Gasteiger partial charge in [0.1, 0.15) is 0 Å². The van der Waals surface area contributed by atoms with Crippen molar-refractivity contribution in [2.45, 2.75) is 30.4 Å². The lowest BCUT2D eigenvalue weighted by Crippen LogP contribution is -2.25. The predicted octanol–water partition coefficient (Wildman–Crippen LogP) is 1.03. The number of fused-ring (bicyclic) bond motifs is 2. The minimum atomic E-state index is -3.91. The van der Waals surface area contributed by atoms with Crippen LogP contribution in [0.15, 0.2) is 41.3 Å². The van der Waals surface area contributed by atoms with Crippen LogP contribution in [0.5, 0.6) is 0 Å². The molecular formula is C23H26O9S. The van der Waals surface area contributed by atoms with Crippen LogP contribution in [0.1, 0.15) is 12.0 Å². The van der Waals surface area contributed by atoms with Crippen molar-refractivity contribution in [2.24, 2.45) is 35.5 Å². The van der Waals surface area contributed by atoms with Gasteiger partial charge in [-0.2, -0.15) is 8.42 Å². The van der Waals surface area contributed by atoms with E-state index in [1.54, 1.807) is 24.3 Å². The maximum absolute atomic E-state index is 12.3. The van der Waals surface area contributed by atoms with E-state index in [4.69, 9.17) is 4.18 Å². The molecule has 3 saturated carbocycles. The molecule has 0 spiro atoms. The summed E-state index contributed by atoms with van der Waals surface area (Å²) < 4.78 is 39.1. The van der Waals surface area contributed by atoms with E-state index in [0.717, 1.165) is 5.56 Å². The number of methoxy groups -OCH3 is 2. The maximum atomic E-state index is 12.3. The molecule has 0 unspecified atom stereocenters. The first-order valence-electron chi connectivity index (χ1n) is 10.7. The van der Waals surface area contributed by atoms with E-state index >= 15 is 0 Å². The summed E-state index contributed by atoms with van der Waals surface area (Å²) in [5.41, 5.74) is 0.947. The quantitative estimate of drug-likeness (QED) is 0.486. The molecule has 4 aliphatic carbocycles. The topological polar surface area (TPSA) is 133 Å². The van der Waals surface area contributed by atoms with Crippen LogP contribution in [0.2, 0.25) is 0 Å². The zero-order chi connectivity index (χ0) is 24.1. The molecular weight excluding hydrogens is 452 g/mol. The Morgan fingerprint density at radius 1 is 1.00 bits per heavy atom. The fourth-order valence-corrected chi connectivity index (χ4v) is 6.17. The summed E-state index contributed by atoms with van der Waals surface area (Å²) in [6.45, 7) is 1.86. The van der Waals surface area contributed by atoms with E-state index in [-0.39, 0.29) is 52.7 Å². The summed E-state index contributed by atoms with van der Waals surface area (Å²) in [5, 5.41) is 9.95. The molecule has 33 heavy (non-hydrogen) atoms. The van der Waals surface area contributed by atoms with Crippen LogP contribution >= 0.6 is 0 Å². The van der Waals surface area contributed by atoms with Crippen molar-refractivity contribution in [3.05, 3.63) is 42.0 Å². The standard InChI is InChI=1S/C15H18O6S.C8H8O3/c1-8-3-5-9(6-4-8)22(18,19)21-11-7-10(16)12-13(11)14(12)15(17)20-2;1-11-8(10)7-4-2-3-5(9)6(4)7/h3-6,10-14,16H,7H2,1-2H3;2-4,6-7H,1H3/t10-,11-,12+,13-,14-;4-,6-,7+/m11/s1. The summed E-state index contributed by atoms with van der Waals surface area (Å²) in [6, 6.07) is 6.35. The molecule has 4 aliphatic rings. The fraction of sp³-hybridized carbons (Fsp3) is 0.522. The zero-order valence-electron chi connectivity index (χ0n) is 18.4. The molecule has 0 aliphatic heterocycles. The lowest BCUT2D eigenvalue weighted by molar-refractivity contribution is -0.144. The Labute approximate surface area is 191 Å². The van der Waals surface area contributed by atoms with Crippen molar-refractivity contribution >= 4 is 27.8 Å². The summed E-state index contributed by atoms with van der Waals surface area (Å²) in [7, 11) is -1.28. The molecule has 0 radical (unpaired) electrons. The van der Waals surface area contributed by atoms with Gasteiger partial charge in [-0.05, 0) is 25.1 Å². The molecule has 0 amide bonds. The molecule has 8 atom stereocenters. The Morgan fingerprint density at radius 2 is 1.61 bits per heavy atom. The SMILES string of the molecule is COC(=O)[C@@H]1[C@@H]2[C@H]1[C@H](OS(=O)(=O)c1ccc(C)cc1)C[C@H]2O.COC(=O)[C@H]1[C@@H]2C=CC(=O)[C@@H]21. The Morgan fingerprint density at radius 3 is 2.15 bits per heavy atom. The Kier molecular flexibility index (Phi) is 6.19. The number of allylic oxidation sites excluding steroid dienone is 2. The van der Waals surface area contributed by atoms with E-state index < -0.39 is 34.2 Å². The van der Waals surface area contributed by atoms with E-state index in [0.29, 0.717) is 0 Å². The smallest absolute Gasteiger partial charge is 0.310 e. The highest BCUT2D eigenvalue weighted by molar-refractivity contribution is 7.86. The van der Waals surface area contributed by atoms with Crippen molar-refractivity contribution in [2.75, 3.05) is 14.2 Å². The number of esters is 2. The molecule has 3 fully saturated rings. The van der Waals surface area contributed by atoms with Gasteiger partial charge in [0.2, 0.25) is 0 Å². The molecule has 1 N–H and O–H groups in total. The third-order valence-electron chi connectivity index (χ3n) is 6.87. The highest BCUT2D eigenvalue weighted by Crippen LogP contribution is 2.59. The average Bonchev–Trinajstić information content (AvgIpc) is 3.64. The maximum Gasteiger partial charge on any atom is 0.310 e. The number of aryl methyl sites for hydroxylation is 1. The number of rotatable bonds is 5. The molecule has 0 heterocycles. The van der Waals surface area contributed by atoms with Gasteiger partial charge < -0.3 is 14.6 Å². The van der Waals surface area contributed by atoms with Crippen LogP contribution in [0.4, 0.5) is 0 Å². The number of carbonyl (C=O) groups is 3. The monoisotopic (exact) mass is 478 g/mol. The molecule has 0 aromatic heterocycles. The minimum absolute atomic E-state index is 0.0744. The Bertz CT molecular complexity index is 1090. The lowest BCUT2D eigenvalue weighted by atomic mass is 10.1. The summed E-state index contributed by atoms with van der Waals surface area (Å²) in [5.74, 6) is -1.71. The van der Waals surface area contributed by atoms with Crippen molar-refractivity contribution < 1.29 is 41.6 Å². The van der Waals surface area contributed by atoms with Crippen molar-refractivity contribution in [1.29, 1.82) is 0 Å². The summed E-state index contributed by atoms with van der Waals surface area (Å²) in [4.78, 5) is 33.6. The predicted molar refractivity (Wildman–Crippen MR) is 113 cm³/mol. The number of benzene rings is 1. The van der Waals surface area contributed by atoms with Crippen molar-refractivity contribution in [3.8, 4) is 0 Å². The Hall–Kier alpha value is -2.56. The Balaban J connectivity index is 0.000000196. The van der Waals surface area contributed by atoms with Gasteiger partial charge in [-0.3, -0.25) is 18.6 Å². The van der Waals surface area contributed by atoms with Crippen LogP contribution in [-0.4, -0.2) is 57.7 Å². The van der Waals surface area contributed by atoms with Crippen LogP contribution < -0.4 is 0 Å². The molecule has 0 bridgehead atoms. The minimum Gasteiger partial charge on any atom is -0.469 e. The number of carbonyl (C=O) groups excluding carboxylic acids is 3. The van der Waals surface area contributed by atoms with Crippen LogP contribution in [0.25, 0.3) is 0 Å². The van der Waals surface area contributed by atoms with Gasteiger partial charge in [0, 0.05) is 30.1 Å². The largest absolute Gasteiger partial charge is 0.469 e. The van der Waals surface area contributed by atoms with Crippen molar-refractivity contribution in [3.63, 3.8) is 0 Å². The second-order valence-electron chi connectivity index (χ2n) is 8.82. The average molecular weight is 479 g/mol. The van der Waals surface area contributed by atoms with Gasteiger partial charge in [0.05, 0.1) is 43.2 Å². The van der Waals surface area contributed by atoms with Gasteiger partial charge in [0.25, 0.3) is 10.1 Å². The molecule has 178 valence electrons. The van der Waals surface area contributed by atoms with Crippen molar-refractivity contribution in [1.82, 2.24) is 0 Å². The first-order valence-corrected chi connectivity index (χ1v) is 12.1. The number of aliphatic hydroxyl groups excluding tert-OH is 1. The zero-order valence-corrected chi connectivity index (χ0v) is 19.2. The van der Waals surface area contributed by atoms with Gasteiger partial charge in [-0.25, -0.2) is 0 Å². The van der Waals surface area contributed by atoms with E-state index in [2.05, 4.69) is 9.47 Å². The van der Waals surface area contributed by atoms with Gasteiger partial charge in [-0.15, -0.1) is 0 Å². The number of ketones is 1. The molecule has 1 aromatic rings. The van der Waals surface area contributed by atoms with E-state index in [9.17, 15) is 27.9 Å². The molecule has 5 rings (SSSR count).